The molecule has 1 unspecified atom stereocenters. The van der Waals surface area contributed by atoms with Crippen molar-refractivity contribution < 1.29 is 9.59 Å². The zero-order chi connectivity index (χ0) is 16.7. The van der Waals surface area contributed by atoms with Crippen molar-refractivity contribution in [1.82, 2.24) is 10.6 Å². The minimum absolute atomic E-state index is 0. The maximum absolute atomic E-state index is 11.8. The van der Waals surface area contributed by atoms with Gasteiger partial charge in [0, 0.05) is 6.54 Å². The van der Waals surface area contributed by atoms with Crippen LogP contribution in [0.5, 0.6) is 0 Å². The van der Waals surface area contributed by atoms with Gasteiger partial charge >= 0.3 is 0 Å². The van der Waals surface area contributed by atoms with Crippen molar-refractivity contribution in [3.63, 3.8) is 0 Å². The minimum Gasteiger partial charge on any atom is -0.354 e. The molecule has 1 aromatic rings. The molecule has 0 aliphatic carbocycles. The van der Waals surface area contributed by atoms with Crippen LogP contribution in [0.3, 0.4) is 0 Å². The number of amides is 2. The summed E-state index contributed by atoms with van der Waals surface area (Å²) in [4.78, 5) is 23.4. The molecular formula is C17H28ClN3O2. The predicted octanol–water partition coefficient (Wildman–Crippen LogP) is 1.74. The van der Waals surface area contributed by atoms with Crippen LogP contribution in [0.4, 0.5) is 0 Å². The molecule has 6 heteroatoms. The molecule has 0 saturated carbocycles. The summed E-state index contributed by atoms with van der Waals surface area (Å²) in [6.07, 6.45) is 0. The molecule has 0 aliphatic heterocycles. The highest BCUT2D eigenvalue weighted by Gasteiger charge is 2.17. The molecule has 0 heterocycles. The maximum atomic E-state index is 11.8. The standard InChI is InChI=1S/C17H27N3O2.ClH/c1-11(2)16(18)17(22)20-10-15(21)19-9-13(4)14-7-5-6-12(3)8-14;/h5-8,11,13,16H,9-10,18H2,1-4H3,(H,19,21)(H,20,22);1H/t13?,16-;/m0./s1. The molecule has 1 rings (SSSR count). The van der Waals surface area contributed by atoms with E-state index in [1.54, 1.807) is 0 Å². The Morgan fingerprint density at radius 1 is 1.17 bits per heavy atom. The molecule has 0 aromatic heterocycles. The van der Waals surface area contributed by atoms with Gasteiger partial charge in [0.05, 0.1) is 12.6 Å². The van der Waals surface area contributed by atoms with Crippen LogP contribution < -0.4 is 16.4 Å². The second-order valence-corrected chi connectivity index (χ2v) is 6.11. The molecule has 0 spiro atoms. The summed E-state index contributed by atoms with van der Waals surface area (Å²) in [5, 5.41) is 5.39. The first-order valence-corrected chi connectivity index (χ1v) is 7.67. The van der Waals surface area contributed by atoms with Gasteiger partial charge in [-0.15, -0.1) is 12.4 Å². The molecule has 0 bridgehead atoms. The predicted molar refractivity (Wildman–Crippen MR) is 95.7 cm³/mol. The van der Waals surface area contributed by atoms with Gasteiger partial charge in [-0.25, -0.2) is 0 Å². The zero-order valence-corrected chi connectivity index (χ0v) is 15.1. The fourth-order valence-corrected chi connectivity index (χ4v) is 2.01. The van der Waals surface area contributed by atoms with Crippen LogP contribution in [0.1, 0.15) is 37.8 Å². The van der Waals surface area contributed by atoms with Gasteiger partial charge in [-0.05, 0) is 24.3 Å². The lowest BCUT2D eigenvalue weighted by molar-refractivity contribution is -0.127. The summed E-state index contributed by atoms with van der Waals surface area (Å²) < 4.78 is 0. The molecule has 0 saturated heterocycles. The van der Waals surface area contributed by atoms with E-state index in [0.717, 1.165) is 0 Å². The van der Waals surface area contributed by atoms with Gasteiger partial charge in [-0.2, -0.15) is 0 Å². The van der Waals surface area contributed by atoms with Crippen LogP contribution in [-0.4, -0.2) is 30.9 Å². The Balaban J connectivity index is 0.00000484. The number of benzene rings is 1. The van der Waals surface area contributed by atoms with Gasteiger partial charge in [-0.1, -0.05) is 50.6 Å². The highest BCUT2D eigenvalue weighted by Crippen LogP contribution is 2.15. The summed E-state index contributed by atoms with van der Waals surface area (Å²) in [6, 6.07) is 7.63. The third kappa shape index (κ3) is 7.48. The molecule has 2 atom stereocenters. The average Bonchev–Trinajstić information content (AvgIpc) is 2.49. The first-order valence-electron chi connectivity index (χ1n) is 7.67. The van der Waals surface area contributed by atoms with Crippen LogP contribution in [-0.2, 0) is 9.59 Å². The van der Waals surface area contributed by atoms with Crippen molar-refractivity contribution in [2.24, 2.45) is 11.7 Å². The topological polar surface area (TPSA) is 84.2 Å². The van der Waals surface area contributed by atoms with Gasteiger partial charge in [0.1, 0.15) is 0 Å². The third-order valence-electron chi connectivity index (χ3n) is 3.66. The first kappa shape index (κ1) is 21.4. The minimum atomic E-state index is -0.584. The second kappa shape index (κ2) is 10.2. The van der Waals surface area contributed by atoms with Crippen molar-refractivity contribution in [2.75, 3.05) is 13.1 Å². The van der Waals surface area contributed by atoms with E-state index in [1.807, 2.05) is 39.0 Å². The molecule has 4 N–H and O–H groups in total. The molecule has 2 amide bonds. The van der Waals surface area contributed by atoms with E-state index >= 15 is 0 Å². The number of rotatable bonds is 7. The molecule has 1 aromatic carbocycles. The van der Waals surface area contributed by atoms with E-state index < -0.39 is 6.04 Å². The number of aryl methyl sites for hydroxylation is 1. The van der Waals surface area contributed by atoms with E-state index in [1.165, 1.54) is 11.1 Å². The van der Waals surface area contributed by atoms with Crippen molar-refractivity contribution >= 4 is 24.2 Å². The summed E-state index contributed by atoms with van der Waals surface area (Å²) >= 11 is 0. The number of hydrogen-bond donors (Lipinski definition) is 3. The Labute approximate surface area is 144 Å². The van der Waals surface area contributed by atoms with Gasteiger partial charge in [0.15, 0.2) is 0 Å². The van der Waals surface area contributed by atoms with Crippen molar-refractivity contribution in [1.29, 1.82) is 0 Å². The molecule has 23 heavy (non-hydrogen) atoms. The second-order valence-electron chi connectivity index (χ2n) is 6.11. The molecule has 0 fully saturated rings. The summed E-state index contributed by atoms with van der Waals surface area (Å²) in [6.45, 7) is 8.33. The monoisotopic (exact) mass is 341 g/mol. The van der Waals surface area contributed by atoms with E-state index in [9.17, 15) is 9.59 Å². The average molecular weight is 342 g/mol. The lowest BCUT2D eigenvalue weighted by atomic mass is 9.99. The van der Waals surface area contributed by atoms with E-state index in [2.05, 4.69) is 23.6 Å². The Hall–Kier alpha value is -1.59. The number of nitrogens with two attached hydrogens (primary N) is 1. The van der Waals surface area contributed by atoms with E-state index in [4.69, 9.17) is 5.73 Å². The van der Waals surface area contributed by atoms with Crippen LogP contribution in [0.15, 0.2) is 24.3 Å². The zero-order valence-electron chi connectivity index (χ0n) is 14.3. The number of halogens is 1. The third-order valence-corrected chi connectivity index (χ3v) is 3.66. The molecule has 0 radical (unpaired) electrons. The molecular weight excluding hydrogens is 314 g/mol. The van der Waals surface area contributed by atoms with E-state index in [-0.39, 0.29) is 42.6 Å². The highest BCUT2D eigenvalue weighted by atomic mass is 35.5. The largest absolute Gasteiger partial charge is 0.354 e. The summed E-state index contributed by atoms with van der Waals surface area (Å²) in [5.74, 6) is -0.234. The summed E-state index contributed by atoms with van der Waals surface area (Å²) in [7, 11) is 0. The molecule has 5 nitrogen and oxygen atoms in total. The van der Waals surface area contributed by atoms with Crippen LogP contribution in [0, 0.1) is 12.8 Å². The number of carbonyl (C=O) groups is 2. The Morgan fingerprint density at radius 3 is 2.39 bits per heavy atom. The quantitative estimate of drug-likeness (QED) is 0.706. The lowest BCUT2D eigenvalue weighted by Crippen LogP contribution is -2.47. The Bertz CT molecular complexity index is 520. The lowest BCUT2D eigenvalue weighted by Gasteiger charge is -2.16. The fourth-order valence-electron chi connectivity index (χ4n) is 2.01. The maximum Gasteiger partial charge on any atom is 0.239 e. The highest BCUT2D eigenvalue weighted by molar-refractivity contribution is 5.87. The Morgan fingerprint density at radius 2 is 1.83 bits per heavy atom. The molecule has 130 valence electrons. The smallest absolute Gasteiger partial charge is 0.239 e. The van der Waals surface area contributed by atoms with Crippen LogP contribution in [0.2, 0.25) is 0 Å². The fraction of sp³-hybridized carbons (Fsp3) is 0.529. The normalized spacial score (nSPS) is 13.0. The number of hydrogen-bond acceptors (Lipinski definition) is 3. The van der Waals surface area contributed by atoms with Crippen molar-refractivity contribution in [2.45, 2.75) is 39.7 Å². The SMILES string of the molecule is Cc1cccc(C(C)CNC(=O)CNC(=O)[C@@H](N)C(C)C)c1.Cl. The number of carbonyl (C=O) groups excluding carboxylic acids is 2. The van der Waals surface area contributed by atoms with E-state index in [0.29, 0.717) is 6.54 Å². The van der Waals surface area contributed by atoms with Crippen molar-refractivity contribution in [3.8, 4) is 0 Å². The summed E-state index contributed by atoms with van der Waals surface area (Å²) in [5.41, 5.74) is 8.10. The van der Waals surface area contributed by atoms with Gasteiger partial charge < -0.3 is 16.4 Å². The molecule has 0 aliphatic rings. The van der Waals surface area contributed by atoms with Gasteiger partial charge in [0.25, 0.3) is 0 Å². The van der Waals surface area contributed by atoms with Crippen LogP contribution >= 0.6 is 12.4 Å². The first-order chi connectivity index (χ1) is 10.3. The Kier molecular flexibility index (Phi) is 9.53. The van der Waals surface area contributed by atoms with Gasteiger partial charge in [-0.3, -0.25) is 9.59 Å². The van der Waals surface area contributed by atoms with Gasteiger partial charge in [0.2, 0.25) is 11.8 Å². The van der Waals surface area contributed by atoms with Crippen LogP contribution in [0.25, 0.3) is 0 Å². The van der Waals surface area contributed by atoms with Crippen molar-refractivity contribution in [3.05, 3.63) is 35.4 Å². The number of nitrogens with one attached hydrogen (secondary N) is 2.